The van der Waals surface area contributed by atoms with E-state index in [-0.39, 0.29) is 17.7 Å². The van der Waals surface area contributed by atoms with E-state index in [1.165, 1.54) is 13.1 Å². The molecule has 2 rings (SSSR count). The molecule has 1 fully saturated rings. The molecule has 0 bridgehead atoms. The molecule has 1 atom stereocenters. The van der Waals surface area contributed by atoms with Crippen LogP contribution in [0.25, 0.3) is 0 Å². The van der Waals surface area contributed by atoms with Gasteiger partial charge >= 0.3 is 6.03 Å². The van der Waals surface area contributed by atoms with Crippen molar-refractivity contribution in [2.24, 2.45) is 11.7 Å². The maximum absolute atomic E-state index is 12.1. The van der Waals surface area contributed by atoms with E-state index < -0.39 is 6.03 Å². The zero-order valence-corrected chi connectivity index (χ0v) is 15.4. The normalized spacial score (nSPS) is 17.4. The average molecular weight is 382 g/mol. The fourth-order valence-electron chi connectivity index (χ4n) is 2.89. The maximum Gasteiger partial charge on any atom is 0.319 e. The number of nitrogens with one attached hydrogen (secondary N) is 3. The summed E-state index contributed by atoms with van der Waals surface area (Å²) in [5.41, 5.74) is 6.12. The van der Waals surface area contributed by atoms with Crippen molar-refractivity contribution in [3.8, 4) is 0 Å². The first-order chi connectivity index (χ1) is 12.4. The highest BCUT2D eigenvalue weighted by Gasteiger charge is 2.23. The van der Waals surface area contributed by atoms with Gasteiger partial charge in [-0.15, -0.1) is 0 Å². The molecule has 1 aliphatic rings. The van der Waals surface area contributed by atoms with E-state index in [9.17, 15) is 14.4 Å². The van der Waals surface area contributed by atoms with Gasteiger partial charge in [0.1, 0.15) is 0 Å². The second kappa shape index (κ2) is 9.40. The number of halogens is 1. The number of urea groups is 1. The van der Waals surface area contributed by atoms with Crippen LogP contribution in [-0.4, -0.2) is 56.0 Å². The molecule has 5 N–H and O–H groups in total. The molecule has 142 valence electrons. The third kappa shape index (κ3) is 5.60. The summed E-state index contributed by atoms with van der Waals surface area (Å²) in [4.78, 5) is 37.1. The van der Waals surface area contributed by atoms with Crippen molar-refractivity contribution in [1.82, 2.24) is 15.5 Å². The SMILES string of the molecule is CNC(=O)c1ccc(Cl)c(NC(=O)NCCN2CCC[C@H](C(N)=O)C2)c1. The lowest BCUT2D eigenvalue weighted by molar-refractivity contribution is -0.123. The summed E-state index contributed by atoms with van der Waals surface area (Å²) in [6.07, 6.45) is 1.74. The molecule has 1 aromatic carbocycles. The van der Waals surface area contributed by atoms with Gasteiger partial charge in [0.25, 0.3) is 5.91 Å². The second-order valence-electron chi connectivity index (χ2n) is 6.20. The van der Waals surface area contributed by atoms with Crippen molar-refractivity contribution in [2.45, 2.75) is 12.8 Å². The third-order valence-electron chi connectivity index (χ3n) is 4.33. The molecule has 0 aliphatic carbocycles. The first-order valence-corrected chi connectivity index (χ1v) is 8.86. The van der Waals surface area contributed by atoms with Gasteiger partial charge in [0, 0.05) is 32.2 Å². The Morgan fingerprint density at radius 2 is 2.12 bits per heavy atom. The lowest BCUT2D eigenvalue weighted by Crippen LogP contribution is -2.44. The topological polar surface area (TPSA) is 117 Å². The van der Waals surface area contributed by atoms with Gasteiger partial charge < -0.3 is 26.6 Å². The van der Waals surface area contributed by atoms with Gasteiger partial charge in [0.15, 0.2) is 0 Å². The number of nitrogens with two attached hydrogens (primary N) is 1. The van der Waals surface area contributed by atoms with Crippen LogP contribution < -0.4 is 21.7 Å². The first-order valence-electron chi connectivity index (χ1n) is 8.49. The summed E-state index contributed by atoms with van der Waals surface area (Å²) in [6.45, 7) is 2.55. The molecule has 4 amide bonds. The predicted octanol–water partition coefficient (Wildman–Crippen LogP) is 1.02. The van der Waals surface area contributed by atoms with Crippen LogP contribution in [0.2, 0.25) is 5.02 Å². The smallest absolute Gasteiger partial charge is 0.319 e. The summed E-state index contributed by atoms with van der Waals surface area (Å²) >= 11 is 6.06. The fourth-order valence-corrected chi connectivity index (χ4v) is 3.06. The number of carbonyl (C=O) groups is 3. The van der Waals surface area contributed by atoms with Crippen LogP contribution in [0.1, 0.15) is 23.2 Å². The van der Waals surface area contributed by atoms with Gasteiger partial charge in [0.05, 0.1) is 16.6 Å². The van der Waals surface area contributed by atoms with Crippen LogP contribution in [0.3, 0.4) is 0 Å². The second-order valence-corrected chi connectivity index (χ2v) is 6.60. The van der Waals surface area contributed by atoms with Gasteiger partial charge in [-0.3, -0.25) is 9.59 Å². The quantitative estimate of drug-likeness (QED) is 0.588. The highest BCUT2D eigenvalue weighted by atomic mass is 35.5. The summed E-state index contributed by atoms with van der Waals surface area (Å²) in [7, 11) is 1.53. The molecule has 0 aromatic heterocycles. The summed E-state index contributed by atoms with van der Waals surface area (Å²) in [5, 5.41) is 8.24. The lowest BCUT2D eigenvalue weighted by atomic mass is 9.97. The number of benzene rings is 1. The molecule has 0 unspecified atom stereocenters. The molecule has 1 saturated heterocycles. The minimum atomic E-state index is -0.413. The average Bonchev–Trinajstić information content (AvgIpc) is 2.63. The van der Waals surface area contributed by atoms with E-state index in [1.807, 2.05) is 0 Å². The van der Waals surface area contributed by atoms with Crippen molar-refractivity contribution in [1.29, 1.82) is 0 Å². The van der Waals surface area contributed by atoms with Crippen LogP contribution in [-0.2, 0) is 4.79 Å². The molecule has 8 nitrogen and oxygen atoms in total. The standard InChI is InChI=1S/C17H24ClN5O3/c1-20-16(25)11-4-5-13(18)14(9-11)22-17(26)21-6-8-23-7-2-3-12(10-23)15(19)24/h4-5,9,12H,2-3,6-8,10H2,1H3,(H2,19,24)(H,20,25)(H2,21,22,26)/t12-/m0/s1. The number of hydrogen-bond donors (Lipinski definition) is 4. The van der Waals surface area contributed by atoms with Crippen LogP contribution >= 0.6 is 11.6 Å². The van der Waals surface area contributed by atoms with Crippen molar-refractivity contribution in [2.75, 3.05) is 38.5 Å². The Kier molecular flexibility index (Phi) is 7.23. The van der Waals surface area contributed by atoms with Crippen molar-refractivity contribution >= 4 is 35.1 Å². The van der Waals surface area contributed by atoms with Gasteiger partial charge in [-0.1, -0.05) is 11.6 Å². The van der Waals surface area contributed by atoms with Crippen molar-refractivity contribution < 1.29 is 14.4 Å². The minimum absolute atomic E-state index is 0.121. The summed E-state index contributed by atoms with van der Waals surface area (Å²) in [5.74, 6) is -0.658. The minimum Gasteiger partial charge on any atom is -0.369 e. The van der Waals surface area contributed by atoms with Crippen LogP contribution in [0.4, 0.5) is 10.5 Å². The number of anilines is 1. The van der Waals surface area contributed by atoms with E-state index in [0.717, 1.165) is 19.4 Å². The summed E-state index contributed by atoms with van der Waals surface area (Å²) < 4.78 is 0. The number of amides is 4. The molecule has 1 aromatic rings. The predicted molar refractivity (Wildman–Crippen MR) is 100 cm³/mol. The van der Waals surface area contributed by atoms with Crippen molar-refractivity contribution in [3.63, 3.8) is 0 Å². The van der Waals surface area contributed by atoms with E-state index in [1.54, 1.807) is 12.1 Å². The number of hydrogen-bond acceptors (Lipinski definition) is 4. The largest absolute Gasteiger partial charge is 0.369 e. The Morgan fingerprint density at radius 1 is 1.35 bits per heavy atom. The van der Waals surface area contributed by atoms with Gasteiger partial charge in [0.2, 0.25) is 5.91 Å². The Labute approximate surface area is 157 Å². The highest BCUT2D eigenvalue weighted by Crippen LogP contribution is 2.23. The molecule has 9 heteroatoms. The van der Waals surface area contributed by atoms with E-state index in [2.05, 4.69) is 20.9 Å². The lowest BCUT2D eigenvalue weighted by Gasteiger charge is -2.31. The Bertz CT molecular complexity index is 682. The van der Waals surface area contributed by atoms with Crippen LogP contribution in [0, 0.1) is 5.92 Å². The zero-order valence-electron chi connectivity index (χ0n) is 14.7. The first kappa shape index (κ1) is 20.0. The monoisotopic (exact) mass is 381 g/mol. The maximum atomic E-state index is 12.1. The fraction of sp³-hybridized carbons (Fsp3) is 0.471. The molecule has 0 spiro atoms. The molecular weight excluding hydrogens is 358 g/mol. The van der Waals surface area contributed by atoms with Crippen LogP contribution in [0.15, 0.2) is 18.2 Å². The van der Waals surface area contributed by atoms with E-state index in [0.29, 0.717) is 35.9 Å². The Hall–Kier alpha value is -2.32. The van der Waals surface area contributed by atoms with Gasteiger partial charge in [-0.05, 0) is 37.6 Å². The van der Waals surface area contributed by atoms with E-state index in [4.69, 9.17) is 17.3 Å². The Morgan fingerprint density at radius 3 is 2.81 bits per heavy atom. The molecule has 26 heavy (non-hydrogen) atoms. The number of primary amides is 1. The molecule has 1 heterocycles. The highest BCUT2D eigenvalue weighted by molar-refractivity contribution is 6.33. The molecule has 0 saturated carbocycles. The number of likely N-dealkylation sites (tertiary alicyclic amines) is 1. The third-order valence-corrected chi connectivity index (χ3v) is 4.65. The van der Waals surface area contributed by atoms with E-state index >= 15 is 0 Å². The van der Waals surface area contributed by atoms with Crippen molar-refractivity contribution in [3.05, 3.63) is 28.8 Å². The molecular formula is C17H24ClN5O3. The number of piperidine rings is 1. The van der Waals surface area contributed by atoms with Crippen LogP contribution in [0.5, 0.6) is 0 Å². The molecule has 0 radical (unpaired) electrons. The number of rotatable bonds is 6. The van der Waals surface area contributed by atoms with Gasteiger partial charge in [-0.2, -0.15) is 0 Å². The molecule has 1 aliphatic heterocycles. The Balaban J connectivity index is 1.82. The zero-order chi connectivity index (χ0) is 19.1. The summed E-state index contributed by atoms with van der Waals surface area (Å²) in [6, 6.07) is 4.24. The number of nitrogens with zero attached hydrogens (tertiary/aromatic N) is 1. The number of carbonyl (C=O) groups excluding carboxylic acids is 3. The van der Waals surface area contributed by atoms with Gasteiger partial charge in [-0.25, -0.2) is 4.79 Å².